The van der Waals surface area contributed by atoms with Crippen LogP contribution >= 0.6 is 0 Å². The number of allylic oxidation sites excluding steroid dienone is 4. The standard InChI is InChI=1S/C25H44N2/c1-5-26-19(3)15-25(16-20(4)27-6-2)17-23(21-11-7-8-12-21)24(18-25)22-13-9-10-14-22/h17-22,26-27H,5-16H2,1-4H3. The highest BCUT2D eigenvalue weighted by molar-refractivity contribution is 5.46. The fourth-order valence-corrected chi connectivity index (χ4v) is 6.31. The van der Waals surface area contributed by atoms with Crippen LogP contribution in [0.2, 0.25) is 0 Å². The van der Waals surface area contributed by atoms with E-state index in [1.54, 1.807) is 11.1 Å². The van der Waals surface area contributed by atoms with E-state index in [9.17, 15) is 0 Å². The van der Waals surface area contributed by atoms with Crippen molar-refractivity contribution in [2.75, 3.05) is 13.1 Å². The summed E-state index contributed by atoms with van der Waals surface area (Å²) in [5, 5.41) is 7.38. The number of hydrogen-bond donors (Lipinski definition) is 2. The zero-order chi connectivity index (χ0) is 19.3. The highest BCUT2D eigenvalue weighted by Gasteiger charge is 2.40. The van der Waals surface area contributed by atoms with E-state index in [4.69, 9.17) is 0 Å². The molecule has 3 aliphatic carbocycles. The Labute approximate surface area is 168 Å². The highest BCUT2D eigenvalue weighted by Crippen LogP contribution is 2.51. The predicted molar refractivity (Wildman–Crippen MR) is 118 cm³/mol. The van der Waals surface area contributed by atoms with Crippen LogP contribution in [-0.4, -0.2) is 25.2 Å². The fraction of sp³-hybridized carbons (Fsp3) is 0.840. The second-order valence-electron chi connectivity index (χ2n) is 9.72. The van der Waals surface area contributed by atoms with Crippen LogP contribution in [0.25, 0.3) is 0 Å². The molecule has 0 amide bonds. The molecular weight excluding hydrogens is 328 g/mol. The quantitative estimate of drug-likeness (QED) is 0.492. The van der Waals surface area contributed by atoms with Crippen LogP contribution < -0.4 is 10.6 Å². The summed E-state index contributed by atoms with van der Waals surface area (Å²) in [5.41, 5.74) is 3.82. The molecule has 2 atom stereocenters. The lowest BCUT2D eigenvalue weighted by molar-refractivity contribution is 0.316. The summed E-state index contributed by atoms with van der Waals surface area (Å²) in [5.74, 6) is 1.70. The molecule has 0 bridgehead atoms. The molecule has 0 aliphatic heterocycles. The van der Waals surface area contributed by atoms with Gasteiger partial charge in [-0.3, -0.25) is 0 Å². The molecule has 0 aromatic carbocycles. The van der Waals surface area contributed by atoms with Crippen LogP contribution in [0.5, 0.6) is 0 Å². The van der Waals surface area contributed by atoms with Crippen molar-refractivity contribution in [2.24, 2.45) is 17.3 Å². The van der Waals surface area contributed by atoms with E-state index in [1.807, 2.05) is 0 Å². The third-order valence-electron chi connectivity index (χ3n) is 7.29. The minimum absolute atomic E-state index is 0.249. The van der Waals surface area contributed by atoms with Gasteiger partial charge in [0.15, 0.2) is 0 Å². The van der Waals surface area contributed by atoms with Gasteiger partial charge >= 0.3 is 0 Å². The second kappa shape index (κ2) is 9.74. The first kappa shape index (κ1) is 21.1. The first-order valence-corrected chi connectivity index (χ1v) is 12.0. The maximum atomic E-state index is 3.69. The van der Waals surface area contributed by atoms with E-state index in [0.29, 0.717) is 12.1 Å². The van der Waals surface area contributed by atoms with Crippen molar-refractivity contribution in [1.29, 1.82) is 0 Å². The molecule has 0 spiro atoms. The van der Waals surface area contributed by atoms with Gasteiger partial charge in [0.1, 0.15) is 0 Å². The summed E-state index contributed by atoms with van der Waals surface area (Å²) in [7, 11) is 0. The molecule has 2 N–H and O–H groups in total. The first-order valence-electron chi connectivity index (χ1n) is 12.0. The van der Waals surface area contributed by atoms with Gasteiger partial charge in [-0.2, -0.15) is 0 Å². The van der Waals surface area contributed by atoms with Gasteiger partial charge in [-0.25, -0.2) is 0 Å². The molecule has 0 aromatic heterocycles. The van der Waals surface area contributed by atoms with Crippen LogP contribution in [0, 0.1) is 17.3 Å². The van der Waals surface area contributed by atoms with Crippen LogP contribution in [0.3, 0.4) is 0 Å². The minimum Gasteiger partial charge on any atom is -0.314 e. The van der Waals surface area contributed by atoms with Gasteiger partial charge in [0, 0.05) is 17.5 Å². The van der Waals surface area contributed by atoms with Gasteiger partial charge in [-0.05, 0) is 88.4 Å². The molecule has 0 heterocycles. The van der Waals surface area contributed by atoms with Gasteiger partial charge in [-0.1, -0.05) is 51.7 Å². The van der Waals surface area contributed by atoms with Gasteiger partial charge in [0.25, 0.3) is 0 Å². The number of hydrogen-bond acceptors (Lipinski definition) is 2. The van der Waals surface area contributed by atoms with Gasteiger partial charge in [0.05, 0.1) is 0 Å². The highest BCUT2D eigenvalue weighted by atomic mass is 14.9. The molecule has 2 saturated carbocycles. The molecule has 2 heteroatoms. The van der Waals surface area contributed by atoms with E-state index in [1.165, 1.54) is 64.2 Å². The topological polar surface area (TPSA) is 24.1 Å². The Balaban J connectivity index is 1.90. The second-order valence-corrected chi connectivity index (χ2v) is 9.72. The van der Waals surface area contributed by atoms with Crippen molar-refractivity contribution in [3.05, 3.63) is 23.3 Å². The Morgan fingerprint density at radius 2 is 1.15 bits per heavy atom. The van der Waals surface area contributed by atoms with Gasteiger partial charge in [0.2, 0.25) is 0 Å². The zero-order valence-electron chi connectivity index (χ0n) is 18.4. The zero-order valence-corrected chi connectivity index (χ0v) is 18.4. The van der Waals surface area contributed by atoms with Crippen molar-refractivity contribution in [2.45, 2.75) is 104 Å². The molecule has 2 nitrogen and oxygen atoms in total. The molecule has 2 unspecified atom stereocenters. The largest absolute Gasteiger partial charge is 0.314 e. The van der Waals surface area contributed by atoms with E-state index in [-0.39, 0.29) is 5.41 Å². The van der Waals surface area contributed by atoms with Crippen LogP contribution in [0.15, 0.2) is 23.3 Å². The van der Waals surface area contributed by atoms with Crippen molar-refractivity contribution in [1.82, 2.24) is 10.6 Å². The maximum absolute atomic E-state index is 3.69. The lowest BCUT2D eigenvalue weighted by Gasteiger charge is -2.32. The molecule has 0 radical (unpaired) electrons. The third-order valence-corrected chi connectivity index (χ3v) is 7.29. The monoisotopic (exact) mass is 372 g/mol. The molecular formula is C25H44N2. The average Bonchev–Trinajstić information content (AvgIpc) is 3.36. The Kier molecular flexibility index (Phi) is 7.62. The first-order chi connectivity index (χ1) is 13.1. The molecule has 0 saturated heterocycles. The Morgan fingerprint density at radius 1 is 0.778 bits per heavy atom. The van der Waals surface area contributed by atoms with Gasteiger partial charge < -0.3 is 10.6 Å². The summed E-state index contributed by atoms with van der Waals surface area (Å²) in [4.78, 5) is 0. The normalized spacial score (nSPS) is 25.6. The Bertz CT molecular complexity index is 472. The van der Waals surface area contributed by atoms with E-state index in [2.05, 4.69) is 50.5 Å². The maximum Gasteiger partial charge on any atom is 0.0102 e. The van der Waals surface area contributed by atoms with Crippen LogP contribution in [-0.2, 0) is 0 Å². The number of rotatable bonds is 10. The summed E-state index contributed by atoms with van der Waals surface area (Å²) >= 11 is 0. The number of nitrogens with one attached hydrogen (secondary N) is 2. The predicted octanol–water partition coefficient (Wildman–Crippen LogP) is 6.00. The summed E-state index contributed by atoms with van der Waals surface area (Å²) in [6, 6.07) is 1.15. The smallest absolute Gasteiger partial charge is 0.0102 e. The van der Waals surface area contributed by atoms with Crippen molar-refractivity contribution >= 4 is 0 Å². The van der Waals surface area contributed by atoms with E-state index >= 15 is 0 Å². The van der Waals surface area contributed by atoms with Crippen molar-refractivity contribution in [3.63, 3.8) is 0 Å². The lowest BCUT2D eigenvalue weighted by Crippen LogP contribution is -2.36. The molecule has 2 fully saturated rings. The third kappa shape index (κ3) is 5.26. The summed E-state index contributed by atoms with van der Waals surface area (Å²) in [6.45, 7) is 11.4. The fourth-order valence-electron chi connectivity index (χ4n) is 6.31. The van der Waals surface area contributed by atoms with Crippen LogP contribution in [0.4, 0.5) is 0 Å². The minimum atomic E-state index is 0.249. The lowest BCUT2D eigenvalue weighted by atomic mass is 9.77. The molecule has 0 aromatic rings. The molecule has 154 valence electrons. The van der Waals surface area contributed by atoms with Crippen molar-refractivity contribution < 1.29 is 0 Å². The molecule has 3 aliphatic rings. The Hall–Kier alpha value is -0.600. The van der Waals surface area contributed by atoms with Gasteiger partial charge in [-0.15, -0.1) is 0 Å². The van der Waals surface area contributed by atoms with Crippen LogP contribution in [0.1, 0.15) is 91.9 Å². The summed E-state index contributed by atoms with van der Waals surface area (Å²) < 4.78 is 0. The molecule has 27 heavy (non-hydrogen) atoms. The SMILES string of the molecule is CCNC(C)CC1(CC(C)NCC)C=C(C2CCCC2)C(C2CCCC2)=C1. The summed E-state index contributed by atoms with van der Waals surface area (Å²) in [6.07, 6.45) is 19.5. The van der Waals surface area contributed by atoms with Crippen molar-refractivity contribution in [3.8, 4) is 0 Å². The average molecular weight is 373 g/mol. The van der Waals surface area contributed by atoms with E-state index < -0.39 is 0 Å². The Morgan fingerprint density at radius 3 is 1.48 bits per heavy atom. The van der Waals surface area contributed by atoms with E-state index in [0.717, 1.165) is 24.9 Å². The molecule has 3 rings (SSSR count).